The van der Waals surface area contributed by atoms with Crippen LogP contribution >= 0.6 is 32.9 Å². The van der Waals surface area contributed by atoms with E-state index >= 15 is 0 Å². The first-order chi connectivity index (χ1) is 5.72. The number of hydrogen-bond donors (Lipinski definition) is 0. The molecule has 74 valence electrons. The minimum absolute atomic E-state index is 0. The van der Waals surface area contributed by atoms with Crippen LogP contribution in [0.1, 0.15) is 5.56 Å². The van der Waals surface area contributed by atoms with Crippen LogP contribution < -0.4 is 4.74 Å². The van der Waals surface area contributed by atoms with E-state index in [1.165, 1.54) is 12.3 Å². The van der Waals surface area contributed by atoms with Crippen LogP contribution in [0.25, 0.3) is 0 Å². The highest BCUT2D eigenvalue weighted by Crippen LogP contribution is 2.12. The van der Waals surface area contributed by atoms with Crippen molar-refractivity contribution in [3.8, 4) is 5.88 Å². The normalized spacial score (nSPS) is 9.54. The van der Waals surface area contributed by atoms with Crippen LogP contribution in [-0.4, -0.2) is 11.6 Å². The van der Waals surface area contributed by atoms with E-state index in [4.69, 9.17) is 0 Å². The van der Waals surface area contributed by atoms with Crippen LogP contribution in [0, 0.1) is 0 Å². The summed E-state index contributed by atoms with van der Waals surface area (Å²) in [4.78, 5) is 3.66. The summed E-state index contributed by atoms with van der Waals surface area (Å²) in [5.74, 6) is -0.0605. The number of rotatable bonds is 3. The molecule has 0 aliphatic rings. The molecular formula is C7H7Br2F2NO. The molecule has 0 aromatic carbocycles. The standard InChI is InChI=1S/C7H6BrF2NO.BrH/c8-3-5-1-2-6(11-4-5)12-7(9)10;/h1-2,4,7H,3H2;1H. The third-order valence-electron chi connectivity index (χ3n) is 1.16. The van der Waals surface area contributed by atoms with Gasteiger partial charge in [-0.15, -0.1) is 17.0 Å². The van der Waals surface area contributed by atoms with Gasteiger partial charge in [0.05, 0.1) is 0 Å². The molecule has 0 amide bonds. The van der Waals surface area contributed by atoms with E-state index < -0.39 is 6.61 Å². The van der Waals surface area contributed by atoms with Gasteiger partial charge in [0.2, 0.25) is 5.88 Å². The Labute approximate surface area is 93.2 Å². The van der Waals surface area contributed by atoms with Crippen molar-refractivity contribution in [1.29, 1.82) is 0 Å². The van der Waals surface area contributed by atoms with Gasteiger partial charge in [0.1, 0.15) is 0 Å². The molecule has 0 radical (unpaired) electrons. The zero-order valence-corrected chi connectivity index (χ0v) is 9.71. The van der Waals surface area contributed by atoms with Crippen LogP contribution in [0.3, 0.4) is 0 Å². The van der Waals surface area contributed by atoms with Gasteiger partial charge < -0.3 is 4.74 Å². The quantitative estimate of drug-likeness (QED) is 0.799. The Bertz CT molecular complexity index is 243. The molecule has 0 N–H and O–H groups in total. The number of halogens is 4. The van der Waals surface area contributed by atoms with Crippen molar-refractivity contribution in [2.24, 2.45) is 0 Å². The zero-order valence-electron chi connectivity index (χ0n) is 6.41. The molecule has 0 aliphatic carbocycles. The molecule has 13 heavy (non-hydrogen) atoms. The highest BCUT2D eigenvalue weighted by Gasteiger charge is 2.04. The molecule has 2 nitrogen and oxygen atoms in total. The van der Waals surface area contributed by atoms with Crippen molar-refractivity contribution in [3.05, 3.63) is 23.9 Å². The van der Waals surface area contributed by atoms with E-state index in [2.05, 4.69) is 25.7 Å². The van der Waals surface area contributed by atoms with Gasteiger partial charge in [-0.25, -0.2) is 4.98 Å². The lowest BCUT2D eigenvalue weighted by Gasteiger charge is -2.02. The Balaban J connectivity index is 0.00000144. The number of alkyl halides is 3. The third-order valence-corrected chi connectivity index (χ3v) is 1.81. The average molecular weight is 319 g/mol. The lowest BCUT2D eigenvalue weighted by atomic mass is 10.3. The van der Waals surface area contributed by atoms with Crippen LogP contribution in [0.4, 0.5) is 8.78 Å². The molecule has 0 saturated heterocycles. The molecule has 0 bridgehead atoms. The second-order valence-corrected chi connectivity index (χ2v) is 2.58. The first-order valence-corrected chi connectivity index (χ1v) is 4.30. The van der Waals surface area contributed by atoms with E-state index in [0.717, 1.165) is 5.56 Å². The lowest BCUT2D eigenvalue weighted by Crippen LogP contribution is -2.03. The Morgan fingerprint density at radius 1 is 1.46 bits per heavy atom. The number of ether oxygens (including phenoxy) is 1. The summed E-state index contributed by atoms with van der Waals surface area (Å²) in [6, 6.07) is 3.07. The van der Waals surface area contributed by atoms with E-state index in [9.17, 15) is 8.78 Å². The summed E-state index contributed by atoms with van der Waals surface area (Å²) in [6.45, 7) is -2.81. The van der Waals surface area contributed by atoms with Crippen molar-refractivity contribution in [3.63, 3.8) is 0 Å². The van der Waals surface area contributed by atoms with Gasteiger partial charge in [-0.1, -0.05) is 22.0 Å². The smallest absolute Gasteiger partial charge is 0.388 e. The van der Waals surface area contributed by atoms with E-state index in [1.54, 1.807) is 6.07 Å². The Morgan fingerprint density at radius 2 is 2.15 bits per heavy atom. The van der Waals surface area contributed by atoms with Gasteiger partial charge >= 0.3 is 6.61 Å². The van der Waals surface area contributed by atoms with Crippen LogP contribution in [0.2, 0.25) is 0 Å². The van der Waals surface area contributed by atoms with Crippen molar-refractivity contribution in [2.45, 2.75) is 11.9 Å². The molecule has 0 saturated carbocycles. The predicted molar refractivity (Wildman–Crippen MR) is 53.8 cm³/mol. The molecule has 0 fully saturated rings. The molecule has 1 aromatic rings. The maximum atomic E-state index is 11.6. The summed E-state index contributed by atoms with van der Waals surface area (Å²) in [5.41, 5.74) is 0.914. The van der Waals surface area contributed by atoms with E-state index in [-0.39, 0.29) is 22.9 Å². The Morgan fingerprint density at radius 3 is 2.54 bits per heavy atom. The van der Waals surface area contributed by atoms with Gasteiger partial charge in [0.25, 0.3) is 0 Å². The summed E-state index contributed by atoms with van der Waals surface area (Å²) in [5, 5.41) is 0.648. The number of hydrogen-bond acceptors (Lipinski definition) is 2. The van der Waals surface area contributed by atoms with Crippen molar-refractivity contribution >= 4 is 32.9 Å². The second kappa shape index (κ2) is 6.26. The SMILES string of the molecule is Br.FC(F)Oc1ccc(CBr)cn1. The van der Waals surface area contributed by atoms with Gasteiger partial charge in [0, 0.05) is 17.6 Å². The van der Waals surface area contributed by atoms with Crippen LogP contribution in [0.15, 0.2) is 18.3 Å². The molecule has 1 rings (SSSR count). The topological polar surface area (TPSA) is 22.1 Å². The van der Waals surface area contributed by atoms with Gasteiger partial charge in [0.15, 0.2) is 0 Å². The highest BCUT2D eigenvalue weighted by molar-refractivity contribution is 9.08. The molecule has 0 spiro atoms. The fourth-order valence-electron chi connectivity index (χ4n) is 0.651. The summed E-state index contributed by atoms with van der Waals surface area (Å²) < 4.78 is 27.3. The Kier molecular flexibility index (Phi) is 6.15. The minimum Gasteiger partial charge on any atom is -0.417 e. The monoisotopic (exact) mass is 317 g/mol. The summed E-state index contributed by atoms with van der Waals surface area (Å²) >= 11 is 3.20. The number of pyridine rings is 1. The lowest BCUT2D eigenvalue weighted by molar-refractivity contribution is -0.0528. The van der Waals surface area contributed by atoms with Gasteiger partial charge in [-0.2, -0.15) is 8.78 Å². The van der Waals surface area contributed by atoms with Crippen molar-refractivity contribution in [2.75, 3.05) is 0 Å². The summed E-state index contributed by atoms with van der Waals surface area (Å²) in [6.07, 6.45) is 1.48. The van der Waals surface area contributed by atoms with Crippen LogP contribution in [0.5, 0.6) is 5.88 Å². The van der Waals surface area contributed by atoms with E-state index in [0.29, 0.717) is 5.33 Å². The molecule has 0 unspecified atom stereocenters. The molecular weight excluding hydrogens is 312 g/mol. The number of aromatic nitrogens is 1. The molecule has 0 atom stereocenters. The van der Waals surface area contributed by atoms with Gasteiger partial charge in [-0.05, 0) is 5.56 Å². The number of nitrogens with zero attached hydrogens (tertiary/aromatic N) is 1. The molecule has 6 heteroatoms. The predicted octanol–water partition coefficient (Wildman–Crippen LogP) is 3.16. The molecule has 0 aliphatic heterocycles. The highest BCUT2D eigenvalue weighted by atomic mass is 79.9. The fraction of sp³-hybridized carbons (Fsp3) is 0.286. The fourth-order valence-corrected chi connectivity index (χ4v) is 0.983. The largest absolute Gasteiger partial charge is 0.417 e. The van der Waals surface area contributed by atoms with Crippen molar-refractivity contribution in [1.82, 2.24) is 4.98 Å². The zero-order chi connectivity index (χ0) is 8.97. The maximum absolute atomic E-state index is 11.6. The molecule has 1 aromatic heterocycles. The average Bonchev–Trinajstić information content (AvgIpc) is 2.05. The van der Waals surface area contributed by atoms with Gasteiger partial charge in [-0.3, -0.25) is 0 Å². The second-order valence-electron chi connectivity index (χ2n) is 2.02. The van der Waals surface area contributed by atoms with E-state index in [1.807, 2.05) is 0 Å². The van der Waals surface area contributed by atoms with Crippen LogP contribution in [-0.2, 0) is 5.33 Å². The first-order valence-electron chi connectivity index (χ1n) is 3.18. The third kappa shape index (κ3) is 4.52. The first kappa shape index (κ1) is 12.8. The Hall–Kier alpha value is -0.230. The maximum Gasteiger partial charge on any atom is 0.388 e. The summed E-state index contributed by atoms with van der Waals surface area (Å²) in [7, 11) is 0. The minimum atomic E-state index is -2.81. The molecule has 1 heterocycles. The van der Waals surface area contributed by atoms with Crippen molar-refractivity contribution < 1.29 is 13.5 Å².